The van der Waals surface area contributed by atoms with Crippen LogP contribution >= 0.6 is 0 Å². The van der Waals surface area contributed by atoms with E-state index in [9.17, 15) is 24.9 Å². The highest BCUT2D eigenvalue weighted by molar-refractivity contribution is 6.05. The quantitative estimate of drug-likeness (QED) is 0.229. The molecule has 196 valence electrons. The second-order valence-electron chi connectivity index (χ2n) is 8.72. The van der Waals surface area contributed by atoms with E-state index in [1.54, 1.807) is 24.3 Å². The minimum Gasteiger partial charge on any atom is -0.478 e. The van der Waals surface area contributed by atoms with Crippen molar-refractivity contribution in [3.05, 3.63) is 71.9 Å². The number of carboxylic acids is 1. The summed E-state index contributed by atoms with van der Waals surface area (Å²) in [5, 5.41) is 30.5. The fourth-order valence-corrected chi connectivity index (χ4v) is 4.31. The van der Waals surface area contributed by atoms with E-state index in [1.807, 2.05) is 0 Å². The van der Waals surface area contributed by atoms with Gasteiger partial charge >= 0.3 is 5.97 Å². The maximum absolute atomic E-state index is 12.6. The van der Waals surface area contributed by atoms with Crippen molar-refractivity contribution in [2.45, 2.75) is 37.4 Å². The number of carbonyl (C=O) groups is 2. The molecule has 0 unspecified atom stereocenters. The van der Waals surface area contributed by atoms with Gasteiger partial charge in [-0.05, 0) is 24.1 Å². The van der Waals surface area contributed by atoms with Gasteiger partial charge in [0.15, 0.2) is 23.5 Å². The largest absolute Gasteiger partial charge is 0.478 e. The summed E-state index contributed by atoms with van der Waals surface area (Å²) >= 11 is 0. The number of aliphatic hydroxyl groups excluding tert-OH is 2. The Hall–Kier alpha value is -4.46. The number of hydrogen-bond donors (Lipinski definition) is 4. The average molecular weight is 521 g/mol. The number of hydrogen-bond acceptors (Lipinski definition) is 11. The topological polar surface area (TPSA) is 196 Å². The zero-order valence-electron chi connectivity index (χ0n) is 19.9. The number of nitrogen functional groups attached to an aromatic ring is 1. The van der Waals surface area contributed by atoms with Crippen LogP contribution < -0.4 is 10.5 Å². The number of ether oxygens (including phenoxy) is 2. The number of ketones is 1. The van der Waals surface area contributed by atoms with Crippen LogP contribution in [0.5, 0.6) is 5.88 Å². The molecule has 0 amide bonds. The Morgan fingerprint density at radius 3 is 2.63 bits per heavy atom. The minimum absolute atomic E-state index is 0.0357. The molecule has 4 atom stereocenters. The molecule has 0 saturated carbocycles. The van der Waals surface area contributed by atoms with E-state index >= 15 is 0 Å². The number of nitrogens with two attached hydrogens (primary N) is 1. The predicted molar refractivity (Wildman–Crippen MR) is 131 cm³/mol. The highest BCUT2D eigenvalue weighted by Crippen LogP contribution is 2.32. The summed E-state index contributed by atoms with van der Waals surface area (Å²) < 4.78 is 13.1. The lowest BCUT2D eigenvalue weighted by Gasteiger charge is -2.16. The van der Waals surface area contributed by atoms with Crippen LogP contribution in [0.15, 0.2) is 55.2 Å². The van der Waals surface area contributed by atoms with Gasteiger partial charge < -0.3 is 30.5 Å². The number of pyridine rings is 1. The third kappa shape index (κ3) is 4.89. The van der Waals surface area contributed by atoms with Gasteiger partial charge in [0, 0.05) is 24.2 Å². The number of fused-ring (bicyclic) bond motifs is 1. The summed E-state index contributed by atoms with van der Waals surface area (Å²) in [6.07, 6.45) is 0.232. The molecule has 1 aromatic carbocycles. The van der Waals surface area contributed by atoms with Crippen LogP contribution in [0.3, 0.4) is 0 Å². The molecule has 4 heterocycles. The summed E-state index contributed by atoms with van der Waals surface area (Å²) in [6, 6.07) is 9.46. The first-order chi connectivity index (χ1) is 18.3. The zero-order valence-corrected chi connectivity index (χ0v) is 19.9. The molecule has 0 radical (unpaired) electrons. The minimum atomic E-state index is -1.28. The Kier molecular flexibility index (Phi) is 6.96. The van der Waals surface area contributed by atoms with Crippen molar-refractivity contribution in [1.29, 1.82) is 0 Å². The van der Waals surface area contributed by atoms with Crippen LogP contribution in [0.25, 0.3) is 11.2 Å². The third-order valence-corrected chi connectivity index (χ3v) is 6.29. The zero-order chi connectivity index (χ0) is 26.8. The summed E-state index contributed by atoms with van der Waals surface area (Å²) in [4.78, 5) is 40.4. The molecule has 0 spiro atoms. The molecule has 3 aromatic heterocycles. The van der Waals surface area contributed by atoms with Crippen molar-refractivity contribution in [2.75, 3.05) is 12.3 Å². The van der Waals surface area contributed by atoms with Crippen LogP contribution in [0.4, 0.5) is 5.82 Å². The van der Waals surface area contributed by atoms with Gasteiger partial charge in [-0.15, -0.1) is 0 Å². The van der Waals surface area contributed by atoms with Crippen LogP contribution in [0.1, 0.15) is 38.9 Å². The van der Waals surface area contributed by atoms with Crippen LogP contribution in [-0.4, -0.2) is 76.5 Å². The summed E-state index contributed by atoms with van der Waals surface area (Å²) in [5.74, 6) is -1.02. The Balaban J connectivity index is 1.21. The molecule has 1 aliphatic rings. The molecule has 4 aromatic rings. The second-order valence-corrected chi connectivity index (χ2v) is 8.72. The monoisotopic (exact) mass is 520 g/mol. The lowest BCUT2D eigenvalue weighted by atomic mass is 9.99. The first kappa shape index (κ1) is 25.2. The molecule has 1 fully saturated rings. The number of imidazole rings is 1. The Morgan fingerprint density at radius 2 is 1.84 bits per heavy atom. The van der Waals surface area contributed by atoms with E-state index in [1.165, 1.54) is 35.6 Å². The molecule has 0 aliphatic carbocycles. The van der Waals surface area contributed by atoms with E-state index in [0.29, 0.717) is 17.6 Å². The number of carbonyl (C=O) groups excluding carboxylic acids is 1. The Bertz CT molecular complexity index is 1490. The third-order valence-electron chi connectivity index (χ3n) is 6.29. The van der Waals surface area contributed by atoms with E-state index in [0.717, 1.165) is 5.56 Å². The summed E-state index contributed by atoms with van der Waals surface area (Å²) in [7, 11) is 0. The van der Waals surface area contributed by atoms with Gasteiger partial charge in [-0.2, -0.15) is 0 Å². The van der Waals surface area contributed by atoms with E-state index in [4.69, 9.17) is 15.2 Å². The first-order valence-corrected chi connectivity index (χ1v) is 11.7. The number of benzene rings is 1. The molecular weight excluding hydrogens is 496 g/mol. The molecule has 1 aliphatic heterocycles. The number of nitrogens with zero attached hydrogens (tertiary/aromatic N) is 5. The molecule has 38 heavy (non-hydrogen) atoms. The molecule has 0 bridgehead atoms. The fourth-order valence-electron chi connectivity index (χ4n) is 4.31. The maximum atomic E-state index is 12.6. The van der Waals surface area contributed by atoms with E-state index in [-0.39, 0.29) is 41.6 Å². The lowest BCUT2D eigenvalue weighted by molar-refractivity contribution is -0.0479. The predicted octanol–water partition coefficient (Wildman–Crippen LogP) is 1.02. The van der Waals surface area contributed by atoms with Gasteiger partial charge in [0.05, 0.1) is 11.9 Å². The van der Waals surface area contributed by atoms with Crippen molar-refractivity contribution in [2.24, 2.45) is 0 Å². The molecule has 1 saturated heterocycles. The van der Waals surface area contributed by atoms with Crippen molar-refractivity contribution in [3.8, 4) is 5.88 Å². The maximum Gasteiger partial charge on any atom is 0.336 e. The van der Waals surface area contributed by atoms with Crippen LogP contribution in [0, 0.1) is 0 Å². The number of aryl methyl sites for hydroxylation is 1. The summed E-state index contributed by atoms with van der Waals surface area (Å²) in [5.41, 5.74) is 7.40. The highest BCUT2D eigenvalue weighted by atomic mass is 16.6. The van der Waals surface area contributed by atoms with Crippen molar-refractivity contribution < 1.29 is 34.4 Å². The number of aromatic nitrogens is 5. The average Bonchev–Trinajstić information content (AvgIpc) is 3.48. The SMILES string of the molecule is Nc1ncnc2c1ncn2[C@@H]1O[C@H](COc2cc(CCC(=O)c3ccccc3C(=O)O)ccn2)[C@@H](O)[C@H]1O. The number of aromatic carboxylic acids is 1. The van der Waals surface area contributed by atoms with Crippen molar-refractivity contribution >= 4 is 28.7 Å². The first-order valence-electron chi connectivity index (χ1n) is 11.7. The highest BCUT2D eigenvalue weighted by Gasteiger charge is 2.44. The van der Waals surface area contributed by atoms with E-state index < -0.39 is 30.5 Å². The number of rotatable bonds is 9. The normalized spacial score (nSPS) is 21.0. The number of anilines is 1. The molecule has 13 nitrogen and oxygen atoms in total. The van der Waals surface area contributed by atoms with Crippen LogP contribution in [-0.2, 0) is 11.2 Å². The van der Waals surface area contributed by atoms with Crippen molar-refractivity contribution in [3.63, 3.8) is 0 Å². The van der Waals surface area contributed by atoms with Gasteiger partial charge in [0.25, 0.3) is 0 Å². The second kappa shape index (κ2) is 10.5. The number of Topliss-reactive ketones (excluding diaryl/α,β-unsaturated/α-hetero) is 1. The van der Waals surface area contributed by atoms with Gasteiger partial charge in [-0.25, -0.2) is 24.7 Å². The standard InChI is InChI=1S/C25H24N6O7/c26-22-19-23(29-11-28-22)31(12-30-19)24-21(34)20(33)17(38-24)10-37-18-9-13(7-8-27-18)5-6-16(32)14-3-1-2-4-15(14)25(35)36/h1-4,7-9,11-12,17,20-21,24,33-34H,5-6,10H2,(H,35,36)(H2,26,28,29)/t17-,20-,21-,24-/m1/s1. The smallest absolute Gasteiger partial charge is 0.336 e. The van der Waals surface area contributed by atoms with Crippen molar-refractivity contribution in [1.82, 2.24) is 24.5 Å². The van der Waals surface area contributed by atoms with Crippen LogP contribution in [0.2, 0.25) is 0 Å². The molecule has 5 rings (SSSR count). The molecule has 13 heteroatoms. The van der Waals surface area contributed by atoms with Gasteiger partial charge in [-0.1, -0.05) is 18.2 Å². The number of carboxylic acid groups (broad SMARTS) is 1. The van der Waals surface area contributed by atoms with Gasteiger partial charge in [0.1, 0.15) is 36.8 Å². The Morgan fingerprint density at radius 1 is 1.05 bits per heavy atom. The summed E-state index contributed by atoms with van der Waals surface area (Å²) in [6.45, 7) is -0.111. The van der Waals surface area contributed by atoms with Gasteiger partial charge in [-0.3, -0.25) is 9.36 Å². The molecule has 5 N–H and O–H groups in total. The fraction of sp³-hybridized carbons (Fsp3) is 0.280. The van der Waals surface area contributed by atoms with Gasteiger partial charge in [0.2, 0.25) is 5.88 Å². The lowest BCUT2D eigenvalue weighted by Crippen LogP contribution is -2.34. The number of aliphatic hydroxyl groups is 2. The Labute approximate surface area is 215 Å². The van der Waals surface area contributed by atoms with E-state index in [2.05, 4.69) is 19.9 Å². The molecular formula is C25H24N6O7.